The topological polar surface area (TPSA) is 24.9 Å². The first-order valence-electron chi connectivity index (χ1n) is 5.21. The van der Waals surface area contributed by atoms with Crippen LogP contribution in [-0.2, 0) is 5.88 Å². The maximum Gasteiger partial charge on any atom is 0.187 e. The molecule has 0 aliphatic heterocycles. The predicted octanol–water partition coefficient (Wildman–Crippen LogP) is 4.65. The standard InChI is InChI=1S/C10H9ClN2S.C2H6/c11-6-9-7-14-10(13-9)12-8-4-2-1-3-5-8;1-2/h1-5,7H,6H2,(H,12,13);1-2H3. The number of hydrogen-bond acceptors (Lipinski definition) is 3. The Kier molecular flexibility index (Phi) is 5.90. The molecule has 16 heavy (non-hydrogen) atoms. The van der Waals surface area contributed by atoms with Crippen LogP contribution in [0.4, 0.5) is 10.8 Å². The Hall–Kier alpha value is -1.06. The molecule has 0 saturated heterocycles. The summed E-state index contributed by atoms with van der Waals surface area (Å²) in [7, 11) is 0. The van der Waals surface area contributed by atoms with E-state index in [0.717, 1.165) is 16.5 Å². The number of benzene rings is 1. The van der Waals surface area contributed by atoms with Gasteiger partial charge < -0.3 is 5.32 Å². The Morgan fingerprint density at radius 1 is 1.25 bits per heavy atom. The summed E-state index contributed by atoms with van der Waals surface area (Å²) in [5.74, 6) is 0.465. The molecule has 1 N–H and O–H groups in total. The highest BCUT2D eigenvalue weighted by atomic mass is 35.5. The molecule has 1 heterocycles. The van der Waals surface area contributed by atoms with Gasteiger partial charge in [-0.3, -0.25) is 0 Å². The SMILES string of the molecule is CC.ClCc1csc(Nc2ccccc2)n1. The van der Waals surface area contributed by atoms with Crippen LogP contribution >= 0.6 is 22.9 Å². The van der Waals surface area contributed by atoms with Gasteiger partial charge in [-0.1, -0.05) is 32.0 Å². The molecular formula is C12H15ClN2S. The summed E-state index contributed by atoms with van der Waals surface area (Å²) in [6, 6.07) is 9.96. The van der Waals surface area contributed by atoms with Crippen molar-refractivity contribution in [1.29, 1.82) is 0 Å². The molecule has 0 saturated carbocycles. The lowest BCUT2D eigenvalue weighted by Gasteiger charge is -2.00. The summed E-state index contributed by atoms with van der Waals surface area (Å²) < 4.78 is 0. The van der Waals surface area contributed by atoms with E-state index in [0.29, 0.717) is 5.88 Å². The molecule has 0 aliphatic carbocycles. The van der Waals surface area contributed by atoms with Crippen LogP contribution in [0.3, 0.4) is 0 Å². The van der Waals surface area contributed by atoms with Gasteiger partial charge in [-0.15, -0.1) is 22.9 Å². The normalized spacial score (nSPS) is 9.19. The third kappa shape index (κ3) is 3.83. The molecule has 0 fully saturated rings. The Morgan fingerprint density at radius 3 is 2.50 bits per heavy atom. The number of halogens is 1. The van der Waals surface area contributed by atoms with Crippen molar-refractivity contribution in [3.8, 4) is 0 Å². The van der Waals surface area contributed by atoms with Gasteiger partial charge in [0, 0.05) is 11.1 Å². The van der Waals surface area contributed by atoms with Gasteiger partial charge in [0.25, 0.3) is 0 Å². The molecule has 2 nitrogen and oxygen atoms in total. The van der Waals surface area contributed by atoms with E-state index in [1.165, 1.54) is 0 Å². The van der Waals surface area contributed by atoms with Crippen molar-refractivity contribution in [3.63, 3.8) is 0 Å². The number of alkyl halides is 1. The maximum absolute atomic E-state index is 5.66. The molecule has 0 atom stereocenters. The van der Waals surface area contributed by atoms with Crippen LogP contribution in [0.15, 0.2) is 35.7 Å². The summed E-state index contributed by atoms with van der Waals surface area (Å²) in [4.78, 5) is 4.30. The number of hydrogen-bond donors (Lipinski definition) is 1. The average Bonchev–Trinajstić information content (AvgIpc) is 2.81. The van der Waals surface area contributed by atoms with E-state index in [1.807, 2.05) is 49.6 Å². The van der Waals surface area contributed by atoms with E-state index in [2.05, 4.69) is 10.3 Å². The lowest BCUT2D eigenvalue weighted by atomic mass is 10.3. The van der Waals surface area contributed by atoms with E-state index >= 15 is 0 Å². The van der Waals surface area contributed by atoms with Gasteiger partial charge >= 0.3 is 0 Å². The number of nitrogens with zero attached hydrogens (tertiary/aromatic N) is 1. The molecule has 0 unspecified atom stereocenters. The van der Waals surface area contributed by atoms with E-state index in [9.17, 15) is 0 Å². The first-order valence-corrected chi connectivity index (χ1v) is 6.62. The minimum absolute atomic E-state index is 0.465. The molecule has 1 aromatic heterocycles. The molecule has 0 radical (unpaired) electrons. The van der Waals surface area contributed by atoms with Crippen LogP contribution in [0.1, 0.15) is 19.5 Å². The number of anilines is 2. The molecule has 2 rings (SSSR count). The van der Waals surface area contributed by atoms with Crippen molar-refractivity contribution in [2.45, 2.75) is 19.7 Å². The summed E-state index contributed by atoms with van der Waals surface area (Å²) in [5, 5.41) is 6.05. The Balaban J connectivity index is 0.000000606. The summed E-state index contributed by atoms with van der Waals surface area (Å²) in [6.45, 7) is 4.00. The zero-order chi connectivity index (χ0) is 11.8. The molecule has 1 aromatic carbocycles. The lowest BCUT2D eigenvalue weighted by molar-refractivity contribution is 1.22. The summed E-state index contributed by atoms with van der Waals surface area (Å²) >= 11 is 7.22. The summed E-state index contributed by atoms with van der Waals surface area (Å²) in [6.07, 6.45) is 0. The van der Waals surface area contributed by atoms with Crippen LogP contribution in [0.2, 0.25) is 0 Å². The predicted molar refractivity (Wildman–Crippen MR) is 72.7 cm³/mol. The first-order chi connectivity index (χ1) is 7.88. The van der Waals surface area contributed by atoms with Gasteiger partial charge in [-0.2, -0.15) is 0 Å². The minimum atomic E-state index is 0.465. The van der Waals surface area contributed by atoms with Crippen LogP contribution in [0.5, 0.6) is 0 Å². The van der Waals surface area contributed by atoms with Crippen molar-refractivity contribution in [2.24, 2.45) is 0 Å². The van der Waals surface area contributed by atoms with Gasteiger partial charge in [0.1, 0.15) is 0 Å². The number of rotatable bonds is 3. The van der Waals surface area contributed by atoms with Gasteiger partial charge in [0.15, 0.2) is 5.13 Å². The molecule has 0 aliphatic rings. The van der Waals surface area contributed by atoms with Crippen molar-refractivity contribution >= 4 is 33.8 Å². The number of nitrogens with one attached hydrogen (secondary N) is 1. The molecule has 2 aromatic rings. The average molecular weight is 255 g/mol. The zero-order valence-corrected chi connectivity index (χ0v) is 11.0. The number of para-hydroxylation sites is 1. The van der Waals surface area contributed by atoms with Crippen molar-refractivity contribution in [3.05, 3.63) is 41.4 Å². The molecule has 0 bridgehead atoms. The van der Waals surface area contributed by atoms with Gasteiger partial charge in [-0.05, 0) is 12.1 Å². The lowest BCUT2D eigenvalue weighted by Crippen LogP contribution is -1.88. The van der Waals surface area contributed by atoms with E-state index < -0.39 is 0 Å². The smallest absolute Gasteiger partial charge is 0.187 e. The monoisotopic (exact) mass is 254 g/mol. The number of aromatic nitrogens is 1. The highest BCUT2D eigenvalue weighted by Crippen LogP contribution is 2.21. The van der Waals surface area contributed by atoms with Gasteiger partial charge in [0.2, 0.25) is 0 Å². The van der Waals surface area contributed by atoms with Crippen molar-refractivity contribution in [1.82, 2.24) is 4.98 Å². The second-order valence-corrected chi connectivity index (χ2v) is 3.89. The first kappa shape index (κ1) is 13.0. The fourth-order valence-electron chi connectivity index (χ4n) is 1.07. The quantitative estimate of drug-likeness (QED) is 0.807. The van der Waals surface area contributed by atoms with Gasteiger partial charge in [0.05, 0.1) is 11.6 Å². The molecule has 86 valence electrons. The van der Waals surface area contributed by atoms with Crippen LogP contribution in [0, 0.1) is 0 Å². The number of thiazole rings is 1. The van der Waals surface area contributed by atoms with Gasteiger partial charge in [-0.25, -0.2) is 4.98 Å². The van der Waals surface area contributed by atoms with Crippen molar-refractivity contribution < 1.29 is 0 Å². The van der Waals surface area contributed by atoms with Crippen LogP contribution in [-0.4, -0.2) is 4.98 Å². The van der Waals surface area contributed by atoms with Crippen LogP contribution in [0.25, 0.3) is 0 Å². The van der Waals surface area contributed by atoms with Crippen LogP contribution < -0.4 is 5.32 Å². The fourth-order valence-corrected chi connectivity index (χ4v) is 2.03. The Morgan fingerprint density at radius 2 is 1.94 bits per heavy atom. The molecular weight excluding hydrogens is 240 g/mol. The fraction of sp³-hybridized carbons (Fsp3) is 0.250. The summed E-state index contributed by atoms with van der Waals surface area (Å²) in [5.41, 5.74) is 1.96. The minimum Gasteiger partial charge on any atom is -0.332 e. The molecule has 0 spiro atoms. The molecule has 4 heteroatoms. The van der Waals surface area contributed by atoms with E-state index in [1.54, 1.807) is 11.3 Å². The highest BCUT2D eigenvalue weighted by molar-refractivity contribution is 7.13. The maximum atomic E-state index is 5.66. The largest absolute Gasteiger partial charge is 0.332 e. The third-order valence-electron chi connectivity index (χ3n) is 1.71. The van der Waals surface area contributed by atoms with E-state index in [-0.39, 0.29) is 0 Å². The molecule has 0 amide bonds. The Labute approximate surface area is 105 Å². The second kappa shape index (κ2) is 7.25. The van der Waals surface area contributed by atoms with E-state index in [4.69, 9.17) is 11.6 Å². The Bertz CT molecular complexity index is 400. The second-order valence-electron chi connectivity index (χ2n) is 2.77. The van der Waals surface area contributed by atoms with Crippen molar-refractivity contribution in [2.75, 3.05) is 5.32 Å². The zero-order valence-electron chi connectivity index (χ0n) is 9.40. The highest BCUT2D eigenvalue weighted by Gasteiger charge is 2.00. The third-order valence-corrected chi connectivity index (χ3v) is 2.79.